The van der Waals surface area contributed by atoms with Gasteiger partial charge in [0, 0.05) is 13.1 Å². The van der Waals surface area contributed by atoms with Crippen LogP contribution in [0.3, 0.4) is 0 Å². The monoisotopic (exact) mass is 247 g/mol. The Bertz CT molecular complexity index is 359. The van der Waals surface area contributed by atoms with E-state index < -0.39 is 15.1 Å². The molecule has 0 aliphatic carbocycles. The van der Waals surface area contributed by atoms with Crippen LogP contribution in [0.2, 0.25) is 0 Å². The predicted molar refractivity (Wildman–Crippen MR) is 58.8 cm³/mol. The smallest absolute Gasteiger partial charge is 0.241 e. The summed E-state index contributed by atoms with van der Waals surface area (Å²) in [5.74, 6) is -0.0590. The minimum absolute atomic E-state index is 0.160. The molecule has 0 aromatic heterocycles. The van der Waals surface area contributed by atoms with E-state index in [4.69, 9.17) is 4.74 Å². The number of carbonyl (C=O) groups is 1. The molecule has 0 spiro atoms. The van der Waals surface area contributed by atoms with Gasteiger partial charge in [-0.2, -0.15) is 0 Å². The SMILES string of the molecule is O=C(C1CCCCS1(=O)=O)N1CCOCC1. The fourth-order valence-corrected chi connectivity index (χ4v) is 4.09. The molecule has 2 fully saturated rings. The topological polar surface area (TPSA) is 63.7 Å². The van der Waals surface area contributed by atoms with Crippen molar-refractivity contribution in [2.45, 2.75) is 24.5 Å². The third-order valence-electron chi connectivity index (χ3n) is 3.18. The van der Waals surface area contributed by atoms with Crippen molar-refractivity contribution in [1.82, 2.24) is 4.90 Å². The fourth-order valence-electron chi connectivity index (χ4n) is 2.22. The largest absolute Gasteiger partial charge is 0.378 e. The standard InChI is InChI=1S/C10H17NO4S/c12-10(11-4-6-15-7-5-11)9-3-1-2-8-16(9,13)14/h9H,1-8H2. The van der Waals surface area contributed by atoms with Crippen molar-refractivity contribution in [2.24, 2.45) is 0 Å². The van der Waals surface area contributed by atoms with E-state index >= 15 is 0 Å². The molecule has 2 aliphatic rings. The molecule has 2 aliphatic heterocycles. The molecule has 6 heteroatoms. The number of sulfone groups is 1. The average molecular weight is 247 g/mol. The van der Waals surface area contributed by atoms with Crippen molar-refractivity contribution in [3.63, 3.8) is 0 Å². The van der Waals surface area contributed by atoms with E-state index in [-0.39, 0.29) is 11.7 Å². The lowest BCUT2D eigenvalue weighted by molar-refractivity contribution is -0.135. The van der Waals surface area contributed by atoms with Gasteiger partial charge in [0.2, 0.25) is 5.91 Å². The van der Waals surface area contributed by atoms with Gasteiger partial charge < -0.3 is 9.64 Å². The number of nitrogens with zero attached hydrogens (tertiary/aromatic N) is 1. The quantitative estimate of drug-likeness (QED) is 0.644. The van der Waals surface area contributed by atoms with Crippen LogP contribution in [0.5, 0.6) is 0 Å². The zero-order valence-corrected chi connectivity index (χ0v) is 10.0. The highest BCUT2D eigenvalue weighted by Gasteiger charge is 2.37. The molecule has 0 aromatic rings. The molecule has 1 amide bonds. The summed E-state index contributed by atoms with van der Waals surface area (Å²) in [5.41, 5.74) is 0. The van der Waals surface area contributed by atoms with E-state index in [1.807, 2.05) is 0 Å². The molecule has 0 saturated carbocycles. The van der Waals surface area contributed by atoms with Crippen LogP contribution in [0.25, 0.3) is 0 Å². The summed E-state index contributed by atoms with van der Waals surface area (Å²) in [4.78, 5) is 13.7. The van der Waals surface area contributed by atoms with Gasteiger partial charge in [0.05, 0.1) is 19.0 Å². The Balaban J connectivity index is 2.07. The number of morpholine rings is 1. The number of hydrogen-bond acceptors (Lipinski definition) is 4. The first-order valence-corrected chi connectivity index (χ1v) is 7.41. The first-order chi connectivity index (χ1) is 7.61. The molecular weight excluding hydrogens is 230 g/mol. The molecule has 2 saturated heterocycles. The van der Waals surface area contributed by atoms with Crippen LogP contribution in [0.4, 0.5) is 0 Å². The number of amides is 1. The van der Waals surface area contributed by atoms with Gasteiger partial charge in [-0.15, -0.1) is 0 Å². The van der Waals surface area contributed by atoms with Crippen molar-refractivity contribution < 1.29 is 17.9 Å². The average Bonchev–Trinajstić information content (AvgIpc) is 2.29. The van der Waals surface area contributed by atoms with Gasteiger partial charge in [0.15, 0.2) is 9.84 Å². The molecule has 0 bridgehead atoms. The lowest BCUT2D eigenvalue weighted by atomic mass is 10.1. The Hall–Kier alpha value is -0.620. The van der Waals surface area contributed by atoms with Crippen molar-refractivity contribution in [3.05, 3.63) is 0 Å². The molecule has 16 heavy (non-hydrogen) atoms. The summed E-state index contributed by atoms with van der Waals surface area (Å²) >= 11 is 0. The van der Waals surface area contributed by atoms with Gasteiger partial charge in [-0.1, -0.05) is 6.42 Å². The summed E-state index contributed by atoms with van der Waals surface area (Å²) in [6.45, 7) is 2.06. The Kier molecular flexibility index (Phi) is 3.49. The molecule has 1 atom stereocenters. The molecule has 0 aromatic carbocycles. The molecule has 92 valence electrons. The zero-order valence-electron chi connectivity index (χ0n) is 9.22. The molecule has 2 rings (SSSR count). The van der Waals surface area contributed by atoms with Gasteiger partial charge in [-0.05, 0) is 12.8 Å². The third kappa shape index (κ3) is 2.38. The Labute approximate surface area is 95.7 Å². The minimum atomic E-state index is -3.20. The third-order valence-corrected chi connectivity index (χ3v) is 5.34. The highest BCUT2D eigenvalue weighted by molar-refractivity contribution is 7.92. The summed E-state index contributed by atoms with van der Waals surface area (Å²) in [6, 6.07) is 0. The van der Waals surface area contributed by atoms with E-state index in [0.717, 1.165) is 6.42 Å². The van der Waals surface area contributed by atoms with E-state index in [1.165, 1.54) is 0 Å². The lowest BCUT2D eigenvalue weighted by Gasteiger charge is -2.31. The Morgan fingerprint density at radius 3 is 2.50 bits per heavy atom. The maximum atomic E-state index is 12.1. The fraction of sp³-hybridized carbons (Fsp3) is 0.900. The van der Waals surface area contributed by atoms with Gasteiger partial charge in [0.1, 0.15) is 5.25 Å². The first-order valence-electron chi connectivity index (χ1n) is 5.69. The van der Waals surface area contributed by atoms with Gasteiger partial charge in [0.25, 0.3) is 0 Å². The summed E-state index contributed by atoms with van der Waals surface area (Å²) in [5, 5.41) is -0.792. The highest BCUT2D eigenvalue weighted by Crippen LogP contribution is 2.21. The van der Waals surface area contributed by atoms with E-state index in [9.17, 15) is 13.2 Å². The van der Waals surface area contributed by atoms with Crippen molar-refractivity contribution in [1.29, 1.82) is 0 Å². The number of ether oxygens (including phenoxy) is 1. The van der Waals surface area contributed by atoms with Crippen LogP contribution >= 0.6 is 0 Å². The molecule has 1 unspecified atom stereocenters. The molecule has 0 radical (unpaired) electrons. The number of rotatable bonds is 1. The van der Waals surface area contributed by atoms with E-state index in [2.05, 4.69) is 0 Å². The second-order valence-electron chi connectivity index (χ2n) is 4.29. The van der Waals surface area contributed by atoms with Crippen molar-refractivity contribution >= 4 is 15.7 Å². The van der Waals surface area contributed by atoms with Gasteiger partial charge >= 0.3 is 0 Å². The highest BCUT2D eigenvalue weighted by atomic mass is 32.2. The van der Waals surface area contributed by atoms with E-state index in [1.54, 1.807) is 4.90 Å². The normalized spacial score (nSPS) is 30.0. The summed E-state index contributed by atoms with van der Waals surface area (Å²) in [7, 11) is -3.20. The predicted octanol–water partition coefficient (Wildman–Crippen LogP) is -0.187. The van der Waals surface area contributed by atoms with Crippen LogP contribution < -0.4 is 0 Å². The molecule has 2 heterocycles. The summed E-state index contributed by atoms with van der Waals surface area (Å²) in [6.07, 6.45) is 2.01. The van der Waals surface area contributed by atoms with Crippen LogP contribution in [0.15, 0.2) is 0 Å². The van der Waals surface area contributed by atoms with Crippen LogP contribution in [-0.4, -0.2) is 56.5 Å². The first kappa shape index (κ1) is 11.9. The zero-order chi connectivity index (χ0) is 11.6. The van der Waals surface area contributed by atoms with Crippen molar-refractivity contribution in [2.75, 3.05) is 32.1 Å². The second kappa shape index (κ2) is 4.71. The maximum Gasteiger partial charge on any atom is 0.241 e. The molecular formula is C10H17NO4S. The van der Waals surface area contributed by atoms with Gasteiger partial charge in [-0.3, -0.25) is 4.79 Å². The Morgan fingerprint density at radius 2 is 1.88 bits per heavy atom. The molecule has 0 N–H and O–H groups in total. The Morgan fingerprint density at radius 1 is 1.19 bits per heavy atom. The van der Waals surface area contributed by atoms with Gasteiger partial charge in [-0.25, -0.2) is 8.42 Å². The minimum Gasteiger partial charge on any atom is -0.378 e. The maximum absolute atomic E-state index is 12.1. The van der Waals surface area contributed by atoms with E-state index in [0.29, 0.717) is 39.1 Å². The van der Waals surface area contributed by atoms with Crippen LogP contribution in [0.1, 0.15) is 19.3 Å². The summed E-state index contributed by atoms with van der Waals surface area (Å²) < 4.78 is 28.7. The number of hydrogen-bond donors (Lipinski definition) is 0. The molecule has 5 nitrogen and oxygen atoms in total. The number of carbonyl (C=O) groups excluding carboxylic acids is 1. The second-order valence-corrected chi connectivity index (χ2v) is 6.59. The van der Waals surface area contributed by atoms with Crippen LogP contribution in [0, 0.1) is 0 Å². The van der Waals surface area contributed by atoms with Crippen LogP contribution in [-0.2, 0) is 19.4 Å². The van der Waals surface area contributed by atoms with Crippen molar-refractivity contribution in [3.8, 4) is 0 Å². The lowest BCUT2D eigenvalue weighted by Crippen LogP contribution is -2.49.